The summed E-state index contributed by atoms with van der Waals surface area (Å²) in [5.41, 5.74) is 3.39. The number of amides is 1. The van der Waals surface area contributed by atoms with Crippen LogP contribution in [0, 0.1) is 25.2 Å². The molecule has 0 radical (unpaired) electrons. The maximum atomic E-state index is 12.8. The number of hydrogen-bond donors (Lipinski definition) is 0. The number of nitrogens with zero attached hydrogens (tertiary/aromatic N) is 3. The highest BCUT2D eigenvalue weighted by Crippen LogP contribution is 2.20. The Kier molecular flexibility index (Phi) is 6.60. The lowest BCUT2D eigenvalue weighted by Crippen LogP contribution is -2.30. The summed E-state index contributed by atoms with van der Waals surface area (Å²) in [6.07, 6.45) is 2.78. The predicted molar refractivity (Wildman–Crippen MR) is 103 cm³/mol. The number of aryl methyl sites for hydroxylation is 1. The zero-order valence-corrected chi connectivity index (χ0v) is 16.2. The van der Waals surface area contributed by atoms with Crippen LogP contribution in [0.15, 0.2) is 29.2 Å². The van der Waals surface area contributed by atoms with E-state index in [-0.39, 0.29) is 11.5 Å². The van der Waals surface area contributed by atoms with Crippen LogP contribution in [0.1, 0.15) is 42.1 Å². The molecule has 0 spiro atoms. The number of rotatable bonds is 7. The Morgan fingerprint density at radius 1 is 1.40 bits per heavy atom. The predicted octanol–water partition coefficient (Wildman–Crippen LogP) is 4.53. The Bertz CT molecular complexity index is 794. The van der Waals surface area contributed by atoms with Gasteiger partial charge in [0.15, 0.2) is 0 Å². The van der Waals surface area contributed by atoms with E-state index in [0.717, 1.165) is 34.8 Å². The Morgan fingerprint density at radius 3 is 2.72 bits per heavy atom. The molecule has 5 heteroatoms. The van der Waals surface area contributed by atoms with Crippen molar-refractivity contribution in [3.63, 3.8) is 0 Å². The summed E-state index contributed by atoms with van der Waals surface area (Å²) in [5, 5.41) is 11.5. The zero-order chi connectivity index (χ0) is 18.4. The van der Waals surface area contributed by atoms with Crippen LogP contribution in [0.4, 0.5) is 0 Å². The molecule has 0 atom stereocenters. The monoisotopic (exact) mass is 355 g/mol. The third-order valence-corrected chi connectivity index (χ3v) is 5.17. The Morgan fingerprint density at radius 2 is 2.16 bits per heavy atom. The van der Waals surface area contributed by atoms with Crippen molar-refractivity contribution in [2.75, 3.05) is 6.54 Å². The van der Waals surface area contributed by atoms with Crippen molar-refractivity contribution in [1.82, 2.24) is 9.47 Å². The SMILES string of the molecule is CCCn1c(C)cc(/C=C(\C#N)C(=O)N(CC)Cc2cccs2)c1C. The second-order valence-corrected chi connectivity index (χ2v) is 7.08. The van der Waals surface area contributed by atoms with Gasteiger partial charge >= 0.3 is 0 Å². The number of nitriles is 1. The van der Waals surface area contributed by atoms with Crippen molar-refractivity contribution in [1.29, 1.82) is 5.26 Å². The Balaban J connectivity index is 2.28. The molecule has 1 amide bonds. The Hall–Kier alpha value is -2.32. The van der Waals surface area contributed by atoms with Gasteiger partial charge in [0.25, 0.3) is 5.91 Å². The van der Waals surface area contributed by atoms with E-state index in [1.165, 1.54) is 0 Å². The number of thiophene rings is 1. The molecule has 4 nitrogen and oxygen atoms in total. The molecule has 0 saturated heterocycles. The molecule has 132 valence electrons. The van der Waals surface area contributed by atoms with Gasteiger partial charge in [0.05, 0.1) is 6.54 Å². The first-order chi connectivity index (χ1) is 12.0. The van der Waals surface area contributed by atoms with Crippen molar-refractivity contribution in [3.05, 3.63) is 51.0 Å². The van der Waals surface area contributed by atoms with Gasteiger partial charge in [-0.1, -0.05) is 13.0 Å². The normalized spacial score (nSPS) is 11.4. The lowest BCUT2D eigenvalue weighted by molar-refractivity contribution is -0.127. The highest BCUT2D eigenvalue weighted by Gasteiger charge is 2.18. The van der Waals surface area contributed by atoms with Gasteiger partial charge in [0.1, 0.15) is 11.6 Å². The number of carbonyl (C=O) groups is 1. The minimum Gasteiger partial charge on any atom is -0.349 e. The lowest BCUT2D eigenvalue weighted by atomic mass is 10.1. The van der Waals surface area contributed by atoms with Crippen LogP contribution in [0.2, 0.25) is 0 Å². The van der Waals surface area contributed by atoms with Gasteiger partial charge in [0, 0.05) is 29.4 Å². The summed E-state index contributed by atoms with van der Waals surface area (Å²) in [7, 11) is 0. The highest BCUT2D eigenvalue weighted by molar-refractivity contribution is 7.09. The van der Waals surface area contributed by atoms with E-state index in [9.17, 15) is 10.1 Å². The van der Waals surface area contributed by atoms with E-state index in [4.69, 9.17) is 0 Å². The van der Waals surface area contributed by atoms with Crippen molar-refractivity contribution in [2.45, 2.75) is 47.2 Å². The fraction of sp³-hybridized carbons (Fsp3) is 0.400. The van der Waals surface area contributed by atoms with Crippen molar-refractivity contribution >= 4 is 23.3 Å². The molecule has 0 unspecified atom stereocenters. The first kappa shape index (κ1) is 19.0. The van der Waals surface area contributed by atoms with Crippen molar-refractivity contribution < 1.29 is 4.79 Å². The maximum absolute atomic E-state index is 12.8. The Labute approximate surface area is 154 Å². The smallest absolute Gasteiger partial charge is 0.264 e. The minimum absolute atomic E-state index is 0.190. The minimum atomic E-state index is -0.210. The van der Waals surface area contributed by atoms with E-state index in [2.05, 4.69) is 24.5 Å². The summed E-state index contributed by atoms with van der Waals surface area (Å²) >= 11 is 1.62. The average molecular weight is 356 g/mol. The van der Waals surface area contributed by atoms with Gasteiger partial charge in [-0.25, -0.2) is 0 Å². The summed E-state index contributed by atoms with van der Waals surface area (Å²) in [5.74, 6) is -0.210. The van der Waals surface area contributed by atoms with Gasteiger partial charge in [0.2, 0.25) is 0 Å². The topological polar surface area (TPSA) is 49.0 Å². The third kappa shape index (κ3) is 4.40. The van der Waals surface area contributed by atoms with Crippen LogP contribution in [0.5, 0.6) is 0 Å². The van der Waals surface area contributed by atoms with Gasteiger partial charge in [-0.15, -0.1) is 11.3 Å². The maximum Gasteiger partial charge on any atom is 0.264 e. The summed E-state index contributed by atoms with van der Waals surface area (Å²) in [6, 6.07) is 8.13. The molecular weight excluding hydrogens is 330 g/mol. The van der Waals surface area contributed by atoms with Gasteiger partial charge < -0.3 is 9.47 Å². The first-order valence-corrected chi connectivity index (χ1v) is 9.49. The molecule has 2 rings (SSSR count). The molecule has 0 aliphatic heterocycles. The van der Waals surface area contributed by atoms with E-state index in [1.807, 2.05) is 37.4 Å². The molecule has 0 N–H and O–H groups in total. The molecule has 0 aromatic carbocycles. The number of likely N-dealkylation sites (N-methyl/N-ethyl adjacent to an activating group) is 1. The number of hydrogen-bond acceptors (Lipinski definition) is 3. The number of aromatic nitrogens is 1. The van der Waals surface area contributed by atoms with E-state index < -0.39 is 0 Å². The summed E-state index contributed by atoms with van der Waals surface area (Å²) in [6.45, 7) is 10.2. The van der Waals surface area contributed by atoms with Crippen molar-refractivity contribution in [3.8, 4) is 6.07 Å². The molecule has 0 saturated carbocycles. The molecule has 25 heavy (non-hydrogen) atoms. The van der Waals surface area contributed by atoms with Crippen LogP contribution in [0.25, 0.3) is 6.08 Å². The van der Waals surface area contributed by atoms with Crippen molar-refractivity contribution in [2.24, 2.45) is 0 Å². The molecule has 0 fully saturated rings. The van der Waals surface area contributed by atoms with Gasteiger partial charge in [-0.3, -0.25) is 4.79 Å². The molecule has 0 aliphatic rings. The molecule has 2 aromatic rings. The molecule has 2 aromatic heterocycles. The molecule has 2 heterocycles. The summed E-state index contributed by atoms with van der Waals surface area (Å²) < 4.78 is 2.23. The fourth-order valence-corrected chi connectivity index (χ4v) is 3.65. The standard InChI is InChI=1S/C20H25N3OS/c1-5-9-23-15(3)11-17(16(23)4)12-18(13-21)20(24)22(6-2)14-19-8-7-10-25-19/h7-8,10-12H,5-6,9,14H2,1-4H3/b18-12+. The van der Waals surface area contributed by atoms with Crippen LogP contribution >= 0.6 is 11.3 Å². The van der Waals surface area contributed by atoms with E-state index in [0.29, 0.717) is 13.1 Å². The van der Waals surface area contributed by atoms with Crippen LogP contribution in [-0.2, 0) is 17.9 Å². The van der Waals surface area contributed by atoms with E-state index >= 15 is 0 Å². The summed E-state index contributed by atoms with van der Waals surface area (Å²) in [4.78, 5) is 15.6. The first-order valence-electron chi connectivity index (χ1n) is 8.61. The van der Waals surface area contributed by atoms with Crippen LogP contribution in [0.3, 0.4) is 0 Å². The third-order valence-electron chi connectivity index (χ3n) is 4.31. The average Bonchev–Trinajstić information content (AvgIpc) is 3.21. The van der Waals surface area contributed by atoms with Gasteiger partial charge in [-0.05, 0) is 56.3 Å². The number of carbonyl (C=O) groups excluding carboxylic acids is 1. The largest absolute Gasteiger partial charge is 0.349 e. The zero-order valence-electron chi connectivity index (χ0n) is 15.4. The fourth-order valence-electron chi connectivity index (χ4n) is 2.93. The van der Waals surface area contributed by atoms with Gasteiger partial charge in [-0.2, -0.15) is 5.26 Å². The molecule has 0 aliphatic carbocycles. The van der Waals surface area contributed by atoms with Crippen LogP contribution < -0.4 is 0 Å². The quantitative estimate of drug-likeness (QED) is 0.541. The highest BCUT2D eigenvalue weighted by atomic mass is 32.1. The molecular formula is C20H25N3OS. The lowest BCUT2D eigenvalue weighted by Gasteiger charge is -2.19. The van der Waals surface area contributed by atoms with Crippen LogP contribution in [-0.4, -0.2) is 21.9 Å². The second-order valence-electron chi connectivity index (χ2n) is 6.05. The van der Waals surface area contributed by atoms with E-state index in [1.54, 1.807) is 22.3 Å². The molecule has 0 bridgehead atoms. The second kappa shape index (κ2) is 8.68.